The van der Waals surface area contributed by atoms with Gasteiger partial charge in [0.25, 0.3) is 0 Å². The van der Waals surface area contributed by atoms with Gasteiger partial charge in [-0.15, -0.1) is 5.10 Å². The molecule has 1 heterocycles. The van der Waals surface area contributed by atoms with Gasteiger partial charge in [-0.25, -0.2) is 4.68 Å². The third-order valence-corrected chi connectivity index (χ3v) is 4.73. The zero-order valence-corrected chi connectivity index (χ0v) is 14.0. The lowest BCUT2D eigenvalue weighted by molar-refractivity contribution is -0.120. The van der Waals surface area contributed by atoms with Crippen molar-refractivity contribution in [1.82, 2.24) is 25.5 Å². The molecule has 0 spiro atoms. The van der Waals surface area contributed by atoms with Crippen LogP contribution in [0, 0.1) is 0 Å². The summed E-state index contributed by atoms with van der Waals surface area (Å²) in [6.45, 7) is 0.487. The van der Waals surface area contributed by atoms with Crippen molar-refractivity contribution < 1.29 is 4.79 Å². The molecule has 1 N–H and O–H groups in total. The van der Waals surface area contributed by atoms with Crippen molar-refractivity contribution in [2.24, 2.45) is 7.05 Å². The zero-order valence-electron chi connectivity index (χ0n) is 13.2. The molecule has 0 saturated heterocycles. The molecule has 24 heavy (non-hydrogen) atoms. The number of hydrogen-bond acceptors (Lipinski definition) is 5. The molecule has 0 unspecified atom stereocenters. The smallest absolute Gasteiger partial charge is 0.238 e. The van der Waals surface area contributed by atoms with Gasteiger partial charge in [-0.2, -0.15) is 0 Å². The van der Waals surface area contributed by atoms with E-state index in [1.807, 2.05) is 60.7 Å². The molecule has 6 nitrogen and oxygen atoms in total. The molecule has 122 valence electrons. The van der Waals surface area contributed by atoms with E-state index in [2.05, 4.69) is 20.8 Å². The van der Waals surface area contributed by atoms with Crippen LogP contribution in [0.1, 0.15) is 16.4 Å². The van der Waals surface area contributed by atoms with Crippen molar-refractivity contribution in [1.29, 1.82) is 0 Å². The number of aromatic nitrogens is 4. The van der Waals surface area contributed by atoms with Gasteiger partial charge in [0, 0.05) is 13.6 Å². The van der Waals surface area contributed by atoms with Crippen molar-refractivity contribution in [2.45, 2.75) is 17.0 Å². The van der Waals surface area contributed by atoms with Crippen LogP contribution < -0.4 is 5.32 Å². The van der Waals surface area contributed by atoms with Crippen molar-refractivity contribution in [2.75, 3.05) is 0 Å². The summed E-state index contributed by atoms with van der Waals surface area (Å²) >= 11 is 1.33. The van der Waals surface area contributed by atoms with Gasteiger partial charge in [-0.05, 0) is 21.6 Å². The topological polar surface area (TPSA) is 72.7 Å². The Labute approximate surface area is 144 Å². The first kappa shape index (κ1) is 16.2. The first-order valence-electron chi connectivity index (χ1n) is 7.49. The highest BCUT2D eigenvalue weighted by Crippen LogP contribution is 2.33. The molecule has 7 heteroatoms. The first-order chi connectivity index (χ1) is 11.7. The maximum Gasteiger partial charge on any atom is 0.238 e. The van der Waals surface area contributed by atoms with Crippen molar-refractivity contribution in [3.05, 3.63) is 71.8 Å². The number of aryl methyl sites for hydroxylation is 1. The van der Waals surface area contributed by atoms with E-state index in [0.29, 0.717) is 11.7 Å². The Kier molecular flexibility index (Phi) is 5.22. The fourth-order valence-corrected chi connectivity index (χ4v) is 3.17. The number of rotatable bonds is 6. The fourth-order valence-electron chi connectivity index (χ4n) is 2.20. The average molecular weight is 339 g/mol. The third kappa shape index (κ3) is 3.99. The summed E-state index contributed by atoms with van der Waals surface area (Å²) < 4.78 is 1.56. The van der Waals surface area contributed by atoms with E-state index in [0.717, 1.165) is 11.1 Å². The Balaban J connectivity index is 1.76. The number of benzene rings is 2. The van der Waals surface area contributed by atoms with Crippen molar-refractivity contribution in [3.8, 4) is 0 Å². The molecule has 0 saturated carbocycles. The van der Waals surface area contributed by atoms with Crippen molar-refractivity contribution >= 4 is 17.7 Å². The average Bonchev–Trinajstić information content (AvgIpc) is 3.04. The number of hydrogen-bond donors (Lipinski definition) is 1. The van der Waals surface area contributed by atoms with E-state index in [-0.39, 0.29) is 5.91 Å². The zero-order chi connectivity index (χ0) is 16.8. The predicted molar refractivity (Wildman–Crippen MR) is 92.1 cm³/mol. The van der Waals surface area contributed by atoms with E-state index in [1.165, 1.54) is 11.8 Å². The standard InChI is InChI=1S/C17H17N5OS/c1-22-17(19-20-21-22)24-15(14-10-6-3-7-11-14)16(23)18-12-13-8-4-2-5-9-13/h2-11,15H,12H2,1H3,(H,18,23)/t15-/m0/s1. The summed E-state index contributed by atoms with van der Waals surface area (Å²) in [6, 6.07) is 19.5. The predicted octanol–water partition coefficient (Wildman–Crippen LogP) is 2.36. The highest BCUT2D eigenvalue weighted by Gasteiger charge is 2.24. The second-order valence-electron chi connectivity index (χ2n) is 5.20. The van der Waals surface area contributed by atoms with Crippen LogP contribution in [0.15, 0.2) is 65.8 Å². The van der Waals surface area contributed by atoms with E-state index >= 15 is 0 Å². The first-order valence-corrected chi connectivity index (χ1v) is 8.37. The van der Waals surface area contributed by atoms with E-state index < -0.39 is 5.25 Å². The van der Waals surface area contributed by atoms with Crippen LogP contribution in [0.2, 0.25) is 0 Å². The third-order valence-electron chi connectivity index (χ3n) is 3.45. The minimum Gasteiger partial charge on any atom is -0.351 e. The minimum atomic E-state index is -0.417. The summed E-state index contributed by atoms with van der Waals surface area (Å²) in [4.78, 5) is 12.7. The van der Waals surface area contributed by atoms with Gasteiger partial charge in [0.15, 0.2) is 0 Å². The largest absolute Gasteiger partial charge is 0.351 e. The molecular weight excluding hydrogens is 322 g/mol. The number of thioether (sulfide) groups is 1. The SMILES string of the molecule is Cn1nnnc1S[C@H](C(=O)NCc1ccccc1)c1ccccc1. The van der Waals surface area contributed by atoms with Crippen LogP contribution in [0.3, 0.4) is 0 Å². The molecule has 1 aromatic heterocycles. The van der Waals surface area contributed by atoms with Crippen LogP contribution in [0.5, 0.6) is 0 Å². The second-order valence-corrected chi connectivity index (χ2v) is 6.27. The van der Waals surface area contributed by atoms with Gasteiger partial charge >= 0.3 is 0 Å². The number of nitrogens with one attached hydrogen (secondary N) is 1. The molecule has 1 atom stereocenters. The van der Waals surface area contributed by atoms with Crippen LogP contribution in [-0.2, 0) is 18.4 Å². The minimum absolute atomic E-state index is 0.0712. The molecule has 1 amide bonds. The van der Waals surface area contributed by atoms with Crippen molar-refractivity contribution in [3.63, 3.8) is 0 Å². The maximum atomic E-state index is 12.7. The van der Waals surface area contributed by atoms with E-state index in [1.54, 1.807) is 11.7 Å². The quantitative estimate of drug-likeness (QED) is 0.698. The lowest BCUT2D eigenvalue weighted by Gasteiger charge is -2.16. The number of tetrazole rings is 1. The molecule has 0 bridgehead atoms. The summed E-state index contributed by atoms with van der Waals surface area (Å²) in [5, 5.41) is 14.6. The maximum absolute atomic E-state index is 12.7. The highest BCUT2D eigenvalue weighted by molar-refractivity contribution is 8.00. The summed E-state index contributed by atoms with van der Waals surface area (Å²) in [7, 11) is 1.76. The van der Waals surface area contributed by atoms with Crippen LogP contribution in [0.4, 0.5) is 0 Å². The normalized spacial score (nSPS) is 11.9. The summed E-state index contributed by atoms with van der Waals surface area (Å²) in [5.74, 6) is -0.0712. The Morgan fingerprint density at radius 1 is 1.12 bits per heavy atom. The summed E-state index contributed by atoms with van der Waals surface area (Å²) in [5.41, 5.74) is 1.97. The molecular formula is C17H17N5OS. The molecule has 3 rings (SSSR count). The molecule has 0 radical (unpaired) electrons. The number of carbonyl (C=O) groups is 1. The van der Waals surface area contributed by atoms with Gasteiger partial charge in [0.1, 0.15) is 5.25 Å². The lowest BCUT2D eigenvalue weighted by Crippen LogP contribution is -2.27. The van der Waals surface area contributed by atoms with Gasteiger partial charge in [0.2, 0.25) is 11.1 Å². The molecule has 2 aromatic carbocycles. The number of carbonyl (C=O) groups excluding carboxylic acids is 1. The number of nitrogens with zero attached hydrogens (tertiary/aromatic N) is 4. The monoisotopic (exact) mass is 339 g/mol. The molecule has 0 aliphatic heterocycles. The Hall–Kier alpha value is -2.67. The fraction of sp³-hybridized carbons (Fsp3) is 0.176. The van der Waals surface area contributed by atoms with E-state index in [4.69, 9.17) is 0 Å². The van der Waals surface area contributed by atoms with Crippen LogP contribution in [-0.4, -0.2) is 26.1 Å². The molecule has 0 aliphatic carbocycles. The lowest BCUT2D eigenvalue weighted by atomic mass is 10.1. The van der Waals surface area contributed by atoms with Crippen LogP contribution in [0.25, 0.3) is 0 Å². The molecule has 3 aromatic rings. The molecule has 0 aliphatic rings. The Morgan fingerprint density at radius 3 is 2.42 bits per heavy atom. The Bertz CT molecular complexity index is 791. The Morgan fingerprint density at radius 2 is 1.79 bits per heavy atom. The van der Waals surface area contributed by atoms with Gasteiger partial charge in [-0.1, -0.05) is 72.4 Å². The van der Waals surface area contributed by atoms with Gasteiger partial charge in [-0.3, -0.25) is 4.79 Å². The highest BCUT2D eigenvalue weighted by atomic mass is 32.2. The second kappa shape index (κ2) is 7.74. The van der Waals surface area contributed by atoms with E-state index in [9.17, 15) is 4.79 Å². The number of amides is 1. The van der Waals surface area contributed by atoms with Crippen LogP contribution >= 0.6 is 11.8 Å². The van der Waals surface area contributed by atoms with Gasteiger partial charge in [0.05, 0.1) is 0 Å². The molecule has 0 fully saturated rings. The summed E-state index contributed by atoms with van der Waals surface area (Å²) in [6.07, 6.45) is 0. The van der Waals surface area contributed by atoms with Gasteiger partial charge < -0.3 is 5.32 Å².